The number of fused-ring (bicyclic) bond motifs is 5. The zero-order valence-corrected chi connectivity index (χ0v) is 20.9. The van der Waals surface area contributed by atoms with Crippen molar-refractivity contribution in [2.75, 3.05) is 7.11 Å². The van der Waals surface area contributed by atoms with Gasteiger partial charge in [0, 0.05) is 43.9 Å². The molecule has 0 radical (unpaired) electrons. The molecule has 0 amide bonds. The molecule has 0 aromatic rings. The van der Waals surface area contributed by atoms with Gasteiger partial charge in [-0.15, -0.1) is 0 Å². The van der Waals surface area contributed by atoms with Crippen molar-refractivity contribution >= 4 is 23.5 Å². The molecule has 0 bridgehead atoms. The fraction of sp³-hybridized carbons (Fsp3) is 0.852. The summed E-state index contributed by atoms with van der Waals surface area (Å²) in [5.41, 5.74) is -0.510. The zero-order valence-electron chi connectivity index (χ0n) is 20.9. The maximum atomic E-state index is 13.9. The van der Waals surface area contributed by atoms with E-state index in [2.05, 4.69) is 20.8 Å². The summed E-state index contributed by atoms with van der Waals surface area (Å²) >= 11 is 0. The van der Waals surface area contributed by atoms with Gasteiger partial charge in [-0.1, -0.05) is 20.8 Å². The van der Waals surface area contributed by atoms with E-state index in [0.717, 1.165) is 32.1 Å². The van der Waals surface area contributed by atoms with Crippen molar-refractivity contribution in [2.24, 2.45) is 46.3 Å². The van der Waals surface area contributed by atoms with Crippen molar-refractivity contribution < 1.29 is 28.7 Å². The standard InChI is InChI=1S/C27H40O6/c1-15(6-9-24(31)32-5)19-7-8-20-25-21(14-23(30)27(19,20)4)26(3)11-10-18(29)12-17(26)13-22(25)33-16(2)28/h15,17,19-22,25H,6-14H2,1-5H3/t15-,17-,19+,20-,21-,22+,25-,26-,27+/m0/s1. The van der Waals surface area contributed by atoms with E-state index in [4.69, 9.17) is 9.47 Å². The van der Waals surface area contributed by atoms with E-state index in [9.17, 15) is 19.2 Å². The van der Waals surface area contributed by atoms with Crippen LogP contribution in [0.15, 0.2) is 0 Å². The second-order valence-corrected chi connectivity index (χ2v) is 11.8. The molecule has 4 fully saturated rings. The molecular weight excluding hydrogens is 420 g/mol. The molecule has 0 aliphatic heterocycles. The quantitative estimate of drug-likeness (QED) is 0.561. The molecule has 0 spiro atoms. The topological polar surface area (TPSA) is 86.7 Å². The summed E-state index contributed by atoms with van der Waals surface area (Å²) in [7, 11) is 1.41. The summed E-state index contributed by atoms with van der Waals surface area (Å²) in [5.74, 6) is 1.28. The number of rotatable bonds is 5. The Morgan fingerprint density at radius 1 is 1.12 bits per heavy atom. The van der Waals surface area contributed by atoms with Gasteiger partial charge in [0.05, 0.1) is 7.11 Å². The van der Waals surface area contributed by atoms with Crippen LogP contribution in [-0.2, 0) is 28.7 Å². The molecule has 4 aliphatic carbocycles. The predicted molar refractivity (Wildman–Crippen MR) is 122 cm³/mol. The Bertz CT molecular complexity index is 834. The molecule has 4 saturated carbocycles. The number of hydrogen-bond acceptors (Lipinski definition) is 6. The Labute approximate surface area is 197 Å². The minimum absolute atomic E-state index is 0.0548. The third-order valence-corrected chi connectivity index (χ3v) is 10.4. The van der Waals surface area contributed by atoms with Gasteiger partial charge in [0.2, 0.25) is 0 Å². The third kappa shape index (κ3) is 3.95. The third-order valence-electron chi connectivity index (χ3n) is 10.4. The largest absolute Gasteiger partial charge is 0.469 e. The molecular formula is C27H40O6. The second-order valence-electron chi connectivity index (χ2n) is 11.8. The molecule has 0 aromatic carbocycles. The predicted octanol–water partition coefficient (Wildman–Crippen LogP) is 4.52. The van der Waals surface area contributed by atoms with Gasteiger partial charge in [-0.2, -0.15) is 0 Å². The number of methoxy groups -OCH3 is 1. The van der Waals surface area contributed by atoms with E-state index in [-0.39, 0.29) is 59.0 Å². The SMILES string of the molecule is COC(=O)CC[C@H](C)[C@H]1CC[C@H]2[C@@H]3[C@H](OC(C)=O)C[C@@H]4CC(=O)CC[C@]4(C)[C@H]3CC(=O)[C@]12C. The van der Waals surface area contributed by atoms with Crippen molar-refractivity contribution in [1.29, 1.82) is 0 Å². The average Bonchev–Trinajstić information content (AvgIpc) is 3.11. The Hall–Kier alpha value is -1.72. The Balaban J connectivity index is 1.65. The van der Waals surface area contributed by atoms with Crippen molar-refractivity contribution in [1.82, 2.24) is 0 Å². The molecule has 33 heavy (non-hydrogen) atoms. The maximum absolute atomic E-state index is 13.9. The normalized spacial score (nSPS) is 43.2. The minimum atomic E-state index is -0.456. The fourth-order valence-electron chi connectivity index (χ4n) is 8.63. The fourth-order valence-corrected chi connectivity index (χ4v) is 8.63. The van der Waals surface area contributed by atoms with E-state index < -0.39 is 5.41 Å². The number of esters is 2. The molecule has 184 valence electrons. The lowest BCUT2D eigenvalue weighted by atomic mass is 9.43. The summed E-state index contributed by atoms with van der Waals surface area (Å²) in [5, 5.41) is 0. The van der Waals surface area contributed by atoms with Gasteiger partial charge in [0.15, 0.2) is 0 Å². The van der Waals surface area contributed by atoms with Crippen molar-refractivity contribution in [2.45, 2.75) is 91.6 Å². The number of ketones is 2. The molecule has 4 aliphatic rings. The molecule has 0 heterocycles. The van der Waals surface area contributed by atoms with E-state index in [1.165, 1.54) is 14.0 Å². The van der Waals surface area contributed by atoms with Crippen molar-refractivity contribution in [3.05, 3.63) is 0 Å². The highest BCUT2D eigenvalue weighted by atomic mass is 16.5. The zero-order chi connectivity index (χ0) is 24.1. The minimum Gasteiger partial charge on any atom is -0.469 e. The molecule has 9 atom stereocenters. The Kier molecular flexibility index (Phi) is 6.52. The maximum Gasteiger partial charge on any atom is 0.305 e. The first kappa shape index (κ1) is 24.4. The van der Waals surface area contributed by atoms with Gasteiger partial charge in [0.25, 0.3) is 0 Å². The Morgan fingerprint density at radius 3 is 2.52 bits per heavy atom. The van der Waals surface area contributed by atoms with Crippen LogP contribution >= 0.6 is 0 Å². The van der Waals surface area contributed by atoms with Crippen LogP contribution in [0.3, 0.4) is 0 Å². The lowest BCUT2D eigenvalue weighted by Gasteiger charge is -2.61. The van der Waals surface area contributed by atoms with Crippen molar-refractivity contribution in [3.8, 4) is 0 Å². The van der Waals surface area contributed by atoms with Crippen LogP contribution in [0.5, 0.6) is 0 Å². The van der Waals surface area contributed by atoms with Crippen LogP contribution in [0.1, 0.15) is 85.5 Å². The summed E-state index contributed by atoms with van der Waals surface area (Å²) < 4.78 is 10.8. The average molecular weight is 461 g/mol. The first-order valence-electron chi connectivity index (χ1n) is 12.8. The van der Waals surface area contributed by atoms with Crippen LogP contribution in [-0.4, -0.2) is 36.7 Å². The number of hydrogen-bond donors (Lipinski definition) is 0. The van der Waals surface area contributed by atoms with Gasteiger partial charge in [0.1, 0.15) is 17.7 Å². The number of Topliss-reactive ketones (excluding diaryl/α,β-unsaturated/α-hetero) is 2. The molecule has 0 N–H and O–H groups in total. The van der Waals surface area contributed by atoms with Gasteiger partial charge < -0.3 is 9.47 Å². The van der Waals surface area contributed by atoms with Crippen LogP contribution < -0.4 is 0 Å². The molecule has 0 unspecified atom stereocenters. The summed E-state index contributed by atoms with van der Waals surface area (Å²) in [6, 6.07) is 0. The number of ether oxygens (including phenoxy) is 2. The van der Waals surface area contributed by atoms with Crippen LogP contribution in [0.25, 0.3) is 0 Å². The molecule has 6 heteroatoms. The van der Waals surface area contributed by atoms with Gasteiger partial charge >= 0.3 is 11.9 Å². The van der Waals surface area contributed by atoms with Gasteiger partial charge in [-0.25, -0.2) is 0 Å². The highest BCUT2D eigenvalue weighted by molar-refractivity contribution is 5.87. The van der Waals surface area contributed by atoms with Crippen molar-refractivity contribution in [3.63, 3.8) is 0 Å². The van der Waals surface area contributed by atoms with Crippen LogP contribution in [0, 0.1) is 46.3 Å². The highest BCUT2D eigenvalue weighted by Crippen LogP contribution is 2.67. The number of carbonyl (C=O) groups is 4. The van der Waals surface area contributed by atoms with Gasteiger partial charge in [-0.05, 0) is 67.1 Å². The lowest BCUT2D eigenvalue weighted by molar-refractivity contribution is -0.190. The molecule has 0 saturated heterocycles. The van der Waals surface area contributed by atoms with E-state index in [1.54, 1.807) is 0 Å². The van der Waals surface area contributed by atoms with E-state index >= 15 is 0 Å². The summed E-state index contributed by atoms with van der Waals surface area (Å²) in [6.07, 6.45) is 5.99. The van der Waals surface area contributed by atoms with E-state index in [0.29, 0.717) is 37.2 Å². The summed E-state index contributed by atoms with van der Waals surface area (Å²) in [6.45, 7) is 8.06. The molecule has 4 rings (SSSR count). The smallest absolute Gasteiger partial charge is 0.305 e. The summed E-state index contributed by atoms with van der Waals surface area (Å²) in [4.78, 5) is 50.0. The second kappa shape index (κ2) is 8.81. The first-order valence-corrected chi connectivity index (χ1v) is 12.8. The van der Waals surface area contributed by atoms with Crippen LogP contribution in [0.2, 0.25) is 0 Å². The van der Waals surface area contributed by atoms with Gasteiger partial charge in [-0.3, -0.25) is 19.2 Å². The number of carbonyl (C=O) groups excluding carboxylic acids is 4. The lowest BCUT2D eigenvalue weighted by Crippen LogP contribution is -2.61. The Morgan fingerprint density at radius 2 is 1.85 bits per heavy atom. The monoisotopic (exact) mass is 460 g/mol. The van der Waals surface area contributed by atoms with Crippen LogP contribution in [0.4, 0.5) is 0 Å². The highest BCUT2D eigenvalue weighted by Gasteiger charge is 2.66. The van der Waals surface area contributed by atoms with E-state index in [1.807, 2.05) is 0 Å². The molecule has 6 nitrogen and oxygen atoms in total. The first-order chi connectivity index (χ1) is 15.5. The molecule has 0 aromatic heterocycles.